The van der Waals surface area contributed by atoms with Crippen LogP contribution in [0, 0.1) is 13.8 Å². The molecule has 10 nitrogen and oxygen atoms in total. The van der Waals surface area contributed by atoms with Crippen LogP contribution in [0.15, 0.2) is 48.5 Å². The molecule has 11 heteroatoms. The van der Waals surface area contributed by atoms with E-state index in [1.807, 2.05) is 18.5 Å². The minimum atomic E-state index is -1.95. The molecule has 3 amide bonds. The Labute approximate surface area is 218 Å². The lowest BCUT2D eigenvalue weighted by molar-refractivity contribution is -0.0638. The van der Waals surface area contributed by atoms with Crippen LogP contribution in [-0.4, -0.2) is 56.5 Å². The Morgan fingerprint density at radius 1 is 0.946 bits per heavy atom. The second-order valence-electron chi connectivity index (χ2n) is 8.59. The van der Waals surface area contributed by atoms with Crippen molar-refractivity contribution in [3.05, 3.63) is 87.2 Å². The number of carbonyl (C=O) groups excluding carboxylic acids is 3. The number of aliphatic hydroxyl groups is 2. The van der Waals surface area contributed by atoms with Gasteiger partial charge in [0.15, 0.2) is 6.29 Å². The molecule has 2 aromatic carbocycles. The van der Waals surface area contributed by atoms with Crippen molar-refractivity contribution >= 4 is 29.3 Å². The quantitative estimate of drug-likeness (QED) is 0.233. The molecule has 0 spiro atoms. The Morgan fingerprint density at radius 3 is 2.27 bits per heavy atom. The van der Waals surface area contributed by atoms with Crippen LogP contribution >= 0.6 is 11.6 Å². The zero-order chi connectivity index (χ0) is 27.3. The molecule has 0 fully saturated rings. The van der Waals surface area contributed by atoms with Gasteiger partial charge in [-0.05, 0) is 55.8 Å². The predicted octanol–water partition coefficient (Wildman–Crippen LogP) is 1.77. The second kappa shape index (κ2) is 11.9. The molecule has 1 heterocycles. The Balaban J connectivity index is 1.62. The number of aromatic nitrogens is 1. The van der Waals surface area contributed by atoms with Gasteiger partial charge in [-0.25, -0.2) is 0 Å². The Kier molecular flexibility index (Phi) is 8.93. The molecule has 196 valence electrons. The molecule has 1 atom stereocenters. The molecular weight excluding hydrogens is 500 g/mol. The Bertz CT molecular complexity index is 1320. The molecule has 0 bridgehead atoms. The fraction of sp³-hybridized carbons (Fsp3) is 0.269. The number of benzene rings is 2. The smallest absolute Gasteiger partial charge is 0.253 e. The summed E-state index contributed by atoms with van der Waals surface area (Å²) in [6, 6.07) is 11.0. The summed E-state index contributed by atoms with van der Waals surface area (Å²) in [5, 5.41) is 36.7. The van der Waals surface area contributed by atoms with Crippen molar-refractivity contribution in [1.82, 2.24) is 20.5 Å². The standard InChI is InChI=1S/C26H29ClN4O6/c1-14-9-20(15(2)31(14)3)24(34)29-13-22(26(36)37)30-25(35)19-8-7-17(11-21(19)27)23(33)28-12-16-5-4-6-18(32)10-16/h4-11,22,26,32,36-37H,12-13H2,1-3H3,(H,28,33)(H,29,34)(H,30,35). The number of phenols is 1. The van der Waals surface area contributed by atoms with Crippen LogP contribution in [0.1, 0.15) is 48.0 Å². The van der Waals surface area contributed by atoms with Crippen molar-refractivity contribution in [1.29, 1.82) is 0 Å². The van der Waals surface area contributed by atoms with E-state index < -0.39 is 30.1 Å². The third-order valence-electron chi connectivity index (χ3n) is 6.02. The van der Waals surface area contributed by atoms with E-state index in [1.54, 1.807) is 25.1 Å². The van der Waals surface area contributed by atoms with E-state index in [0.29, 0.717) is 11.1 Å². The number of carbonyl (C=O) groups is 3. The van der Waals surface area contributed by atoms with E-state index in [1.165, 1.54) is 30.3 Å². The minimum Gasteiger partial charge on any atom is -0.508 e. The maximum Gasteiger partial charge on any atom is 0.253 e. The summed E-state index contributed by atoms with van der Waals surface area (Å²) in [7, 11) is 1.83. The van der Waals surface area contributed by atoms with E-state index in [0.717, 1.165) is 11.4 Å². The number of nitrogens with zero attached hydrogens (tertiary/aromatic N) is 1. The maximum atomic E-state index is 12.8. The number of rotatable bonds is 9. The summed E-state index contributed by atoms with van der Waals surface area (Å²) < 4.78 is 1.85. The van der Waals surface area contributed by atoms with Gasteiger partial charge in [-0.3, -0.25) is 14.4 Å². The van der Waals surface area contributed by atoms with Crippen molar-refractivity contribution in [3.63, 3.8) is 0 Å². The number of amides is 3. The first-order valence-corrected chi connectivity index (χ1v) is 11.8. The fourth-order valence-electron chi connectivity index (χ4n) is 3.65. The lowest BCUT2D eigenvalue weighted by Crippen LogP contribution is -2.50. The number of aryl methyl sites for hydroxylation is 1. The lowest BCUT2D eigenvalue weighted by Gasteiger charge is -2.21. The van der Waals surface area contributed by atoms with Gasteiger partial charge in [0.05, 0.1) is 22.2 Å². The fourth-order valence-corrected chi connectivity index (χ4v) is 3.92. The van der Waals surface area contributed by atoms with Crippen molar-refractivity contribution in [3.8, 4) is 5.75 Å². The average molecular weight is 529 g/mol. The van der Waals surface area contributed by atoms with Gasteiger partial charge in [-0.15, -0.1) is 0 Å². The van der Waals surface area contributed by atoms with Gasteiger partial charge >= 0.3 is 0 Å². The van der Waals surface area contributed by atoms with Crippen LogP contribution in [0.25, 0.3) is 0 Å². The molecule has 0 saturated carbocycles. The first-order valence-electron chi connectivity index (χ1n) is 11.4. The van der Waals surface area contributed by atoms with Gasteiger partial charge in [0.25, 0.3) is 17.7 Å². The second-order valence-corrected chi connectivity index (χ2v) is 9.00. The van der Waals surface area contributed by atoms with Gasteiger partial charge in [-0.2, -0.15) is 0 Å². The number of aromatic hydroxyl groups is 1. The van der Waals surface area contributed by atoms with Crippen molar-refractivity contribution in [2.75, 3.05) is 6.54 Å². The maximum absolute atomic E-state index is 12.8. The zero-order valence-electron chi connectivity index (χ0n) is 20.6. The predicted molar refractivity (Wildman–Crippen MR) is 137 cm³/mol. The van der Waals surface area contributed by atoms with E-state index in [-0.39, 0.29) is 35.0 Å². The van der Waals surface area contributed by atoms with Crippen LogP contribution in [0.3, 0.4) is 0 Å². The highest BCUT2D eigenvalue weighted by Gasteiger charge is 2.23. The minimum absolute atomic E-state index is 0.0118. The molecule has 3 rings (SSSR count). The van der Waals surface area contributed by atoms with E-state index >= 15 is 0 Å². The molecule has 0 saturated heterocycles. The lowest BCUT2D eigenvalue weighted by atomic mass is 10.1. The number of hydrogen-bond acceptors (Lipinski definition) is 6. The molecule has 1 aromatic heterocycles. The molecule has 1 unspecified atom stereocenters. The molecule has 0 aliphatic carbocycles. The average Bonchev–Trinajstić information content (AvgIpc) is 3.11. The largest absolute Gasteiger partial charge is 0.508 e. The van der Waals surface area contributed by atoms with E-state index in [2.05, 4.69) is 16.0 Å². The topological polar surface area (TPSA) is 153 Å². The highest BCUT2D eigenvalue weighted by atomic mass is 35.5. The normalized spacial score (nSPS) is 11.8. The van der Waals surface area contributed by atoms with Crippen molar-refractivity contribution < 1.29 is 29.7 Å². The summed E-state index contributed by atoms with van der Waals surface area (Å²) in [5.41, 5.74) is 3.00. The van der Waals surface area contributed by atoms with Crippen LogP contribution in [0.2, 0.25) is 5.02 Å². The number of phenolic OH excluding ortho intramolecular Hbond substituents is 1. The molecule has 0 radical (unpaired) electrons. The van der Waals surface area contributed by atoms with Gasteiger partial charge in [0.1, 0.15) is 5.75 Å². The van der Waals surface area contributed by atoms with Gasteiger partial charge in [-0.1, -0.05) is 23.7 Å². The van der Waals surface area contributed by atoms with E-state index in [9.17, 15) is 29.7 Å². The highest BCUT2D eigenvalue weighted by Crippen LogP contribution is 2.19. The summed E-state index contributed by atoms with van der Waals surface area (Å²) in [4.78, 5) is 37.8. The van der Waals surface area contributed by atoms with Crippen molar-refractivity contribution in [2.45, 2.75) is 32.7 Å². The summed E-state index contributed by atoms with van der Waals surface area (Å²) in [6.45, 7) is 3.58. The molecule has 6 N–H and O–H groups in total. The number of nitrogens with one attached hydrogen (secondary N) is 3. The Hall–Kier alpha value is -3.86. The molecule has 0 aliphatic heterocycles. The van der Waals surface area contributed by atoms with Crippen molar-refractivity contribution in [2.24, 2.45) is 7.05 Å². The molecule has 0 aliphatic rings. The third kappa shape index (κ3) is 6.88. The van der Waals surface area contributed by atoms with Crippen LogP contribution in [0.5, 0.6) is 5.75 Å². The van der Waals surface area contributed by atoms with Gasteiger partial charge in [0.2, 0.25) is 0 Å². The molecular formula is C26H29ClN4O6. The number of aliphatic hydroxyl groups excluding tert-OH is 1. The first kappa shape index (κ1) is 27.7. The number of halogens is 1. The summed E-state index contributed by atoms with van der Waals surface area (Å²) in [6.07, 6.45) is -1.95. The van der Waals surface area contributed by atoms with Crippen LogP contribution < -0.4 is 16.0 Å². The van der Waals surface area contributed by atoms with Crippen LogP contribution in [0.4, 0.5) is 0 Å². The van der Waals surface area contributed by atoms with Crippen LogP contribution in [-0.2, 0) is 13.6 Å². The number of hydrogen-bond donors (Lipinski definition) is 6. The first-order chi connectivity index (χ1) is 17.5. The van der Waals surface area contributed by atoms with Gasteiger partial charge < -0.3 is 35.8 Å². The third-order valence-corrected chi connectivity index (χ3v) is 6.33. The van der Waals surface area contributed by atoms with E-state index in [4.69, 9.17) is 11.6 Å². The molecule has 3 aromatic rings. The summed E-state index contributed by atoms with van der Waals surface area (Å²) >= 11 is 6.24. The zero-order valence-corrected chi connectivity index (χ0v) is 21.3. The highest BCUT2D eigenvalue weighted by molar-refractivity contribution is 6.34. The van der Waals surface area contributed by atoms with Gasteiger partial charge in [0, 0.05) is 37.1 Å². The SMILES string of the molecule is Cc1cc(C(=O)NCC(NC(=O)c2ccc(C(=O)NCc3cccc(O)c3)cc2Cl)C(O)O)c(C)n1C. The summed E-state index contributed by atoms with van der Waals surface area (Å²) in [5.74, 6) is -1.48. The monoisotopic (exact) mass is 528 g/mol. The Morgan fingerprint density at radius 2 is 1.68 bits per heavy atom. The molecule has 37 heavy (non-hydrogen) atoms.